The molecule has 1 aliphatic rings. The maximum absolute atomic E-state index is 11.9. The lowest BCUT2D eigenvalue weighted by Gasteiger charge is -2.18. The molecule has 0 atom stereocenters. The number of hydrogen-bond acceptors (Lipinski definition) is 8. The number of rotatable bonds is 5. The van der Waals surface area contributed by atoms with E-state index in [4.69, 9.17) is 14.2 Å². The molecule has 1 aromatic heterocycles. The second-order valence-corrected chi connectivity index (χ2v) is 6.06. The number of benzene rings is 1. The zero-order chi connectivity index (χ0) is 18.5. The van der Waals surface area contributed by atoms with Gasteiger partial charge in [-0.1, -0.05) is 0 Å². The maximum Gasteiger partial charge on any atom is 0.358 e. The summed E-state index contributed by atoms with van der Waals surface area (Å²) in [4.78, 5) is 38.7. The van der Waals surface area contributed by atoms with Gasteiger partial charge in [0.25, 0.3) is 5.91 Å². The number of nitrogens with one attached hydrogen (secondary N) is 2. The number of amides is 2. The minimum absolute atomic E-state index is 0.0193. The van der Waals surface area contributed by atoms with E-state index in [2.05, 4.69) is 15.6 Å². The zero-order valence-electron chi connectivity index (χ0n) is 13.7. The minimum Gasteiger partial charge on any atom is -0.486 e. The van der Waals surface area contributed by atoms with Crippen molar-refractivity contribution in [2.45, 2.75) is 6.92 Å². The Hall–Kier alpha value is -3.14. The monoisotopic (exact) mass is 377 g/mol. The van der Waals surface area contributed by atoms with Crippen LogP contribution in [0.1, 0.15) is 17.4 Å². The SMILES string of the molecule is CC(=O)Nc1nc(C(=O)OCC(=O)Nc2ccc3c(c2)OCCO3)cs1. The van der Waals surface area contributed by atoms with E-state index in [0.717, 1.165) is 11.3 Å². The summed E-state index contributed by atoms with van der Waals surface area (Å²) in [6, 6.07) is 4.98. The summed E-state index contributed by atoms with van der Waals surface area (Å²) in [5.41, 5.74) is 0.516. The fraction of sp³-hybridized carbons (Fsp3) is 0.250. The highest BCUT2D eigenvalue weighted by Gasteiger charge is 2.16. The lowest BCUT2D eigenvalue weighted by molar-refractivity contribution is -0.119. The lowest BCUT2D eigenvalue weighted by Crippen LogP contribution is -2.21. The highest BCUT2D eigenvalue weighted by Crippen LogP contribution is 2.32. The number of nitrogens with zero attached hydrogens (tertiary/aromatic N) is 1. The number of hydrogen-bond donors (Lipinski definition) is 2. The summed E-state index contributed by atoms with van der Waals surface area (Å²) >= 11 is 1.09. The van der Waals surface area contributed by atoms with Crippen molar-refractivity contribution in [3.05, 3.63) is 29.3 Å². The molecule has 0 saturated carbocycles. The number of aromatic nitrogens is 1. The van der Waals surface area contributed by atoms with Gasteiger partial charge in [0.05, 0.1) is 0 Å². The Bertz CT molecular complexity index is 850. The number of thiazole rings is 1. The van der Waals surface area contributed by atoms with Gasteiger partial charge in [-0.15, -0.1) is 11.3 Å². The molecule has 0 bridgehead atoms. The van der Waals surface area contributed by atoms with E-state index in [1.165, 1.54) is 12.3 Å². The molecule has 2 aromatic rings. The first-order valence-corrected chi connectivity index (χ1v) is 8.49. The fourth-order valence-corrected chi connectivity index (χ4v) is 2.82. The first-order chi connectivity index (χ1) is 12.5. The van der Waals surface area contributed by atoms with Gasteiger partial charge in [0.1, 0.15) is 13.2 Å². The van der Waals surface area contributed by atoms with Crippen LogP contribution in [0, 0.1) is 0 Å². The van der Waals surface area contributed by atoms with Crippen molar-refractivity contribution < 1.29 is 28.6 Å². The zero-order valence-corrected chi connectivity index (χ0v) is 14.6. The number of anilines is 2. The summed E-state index contributed by atoms with van der Waals surface area (Å²) < 4.78 is 15.7. The standard InChI is InChI=1S/C16H15N3O6S/c1-9(20)17-16-19-11(8-26-16)15(22)25-7-14(21)18-10-2-3-12-13(6-10)24-5-4-23-12/h2-3,6,8H,4-5,7H2,1H3,(H,18,21)(H,17,19,20). The first kappa shape index (κ1) is 17.7. The van der Waals surface area contributed by atoms with Crippen LogP contribution in [-0.4, -0.2) is 42.6 Å². The summed E-state index contributed by atoms with van der Waals surface area (Å²) in [7, 11) is 0. The number of fused-ring (bicyclic) bond motifs is 1. The Balaban J connectivity index is 1.51. The second-order valence-electron chi connectivity index (χ2n) is 5.20. The molecule has 2 heterocycles. The smallest absolute Gasteiger partial charge is 0.358 e. The molecule has 2 N–H and O–H groups in total. The molecule has 3 rings (SSSR count). The quantitative estimate of drug-likeness (QED) is 0.762. The maximum atomic E-state index is 11.9. The number of ether oxygens (including phenoxy) is 3. The average molecular weight is 377 g/mol. The summed E-state index contributed by atoms with van der Waals surface area (Å²) in [6.07, 6.45) is 0. The van der Waals surface area contributed by atoms with E-state index in [0.29, 0.717) is 30.4 Å². The molecule has 26 heavy (non-hydrogen) atoms. The molecule has 10 heteroatoms. The van der Waals surface area contributed by atoms with Crippen molar-refractivity contribution in [1.82, 2.24) is 4.98 Å². The van der Waals surface area contributed by atoms with Gasteiger partial charge >= 0.3 is 5.97 Å². The van der Waals surface area contributed by atoms with Crippen molar-refractivity contribution in [3.63, 3.8) is 0 Å². The van der Waals surface area contributed by atoms with Gasteiger partial charge in [0.2, 0.25) is 5.91 Å². The molecule has 1 aliphatic heterocycles. The molecule has 2 amide bonds. The second kappa shape index (κ2) is 7.83. The first-order valence-electron chi connectivity index (χ1n) is 7.61. The Labute approximate surface area is 152 Å². The van der Waals surface area contributed by atoms with E-state index in [1.54, 1.807) is 18.2 Å². The van der Waals surface area contributed by atoms with Crippen LogP contribution in [0.5, 0.6) is 11.5 Å². The minimum atomic E-state index is -0.754. The summed E-state index contributed by atoms with van der Waals surface area (Å²) in [6.45, 7) is 1.78. The molecular weight excluding hydrogens is 362 g/mol. The van der Waals surface area contributed by atoms with E-state index < -0.39 is 18.5 Å². The molecule has 136 valence electrons. The van der Waals surface area contributed by atoms with Crippen molar-refractivity contribution >= 4 is 39.9 Å². The number of esters is 1. The number of carbonyl (C=O) groups is 3. The van der Waals surface area contributed by atoms with Crippen LogP contribution < -0.4 is 20.1 Å². The molecule has 1 aromatic carbocycles. The Morgan fingerprint density at radius 3 is 2.73 bits per heavy atom. The third-order valence-corrected chi connectivity index (χ3v) is 3.91. The summed E-state index contributed by atoms with van der Waals surface area (Å²) in [5, 5.41) is 6.78. The van der Waals surface area contributed by atoms with Gasteiger partial charge in [-0.3, -0.25) is 9.59 Å². The topological polar surface area (TPSA) is 116 Å². The number of carbonyl (C=O) groups excluding carboxylic acids is 3. The molecule has 9 nitrogen and oxygen atoms in total. The predicted molar refractivity (Wildman–Crippen MR) is 92.8 cm³/mol. The van der Waals surface area contributed by atoms with E-state index in [1.807, 2.05) is 0 Å². The van der Waals surface area contributed by atoms with Gasteiger partial charge in [0.15, 0.2) is 28.9 Å². The predicted octanol–water partition coefficient (Wildman–Crippen LogP) is 1.67. The van der Waals surface area contributed by atoms with Crippen molar-refractivity contribution in [2.75, 3.05) is 30.5 Å². The van der Waals surface area contributed by atoms with E-state index in [-0.39, 0.29) is 16.7 Å². The Morgan fingerprint density at radius 2 is 1.96 bits per heavy atom. The van der Waals surface area contributed by atoms with Gasteiger partial charge < -0.3 is 24.8 Å². The molecule has 0 radical (unpaired) electrons. The van der Waals surface area contributed by atoms with Gasteiger partial charge in [0, 0.05) is 24.1 Å². The van der Waals surface area contributed by atoms with Crippen LogP contribution in [0.15, 0.2) is 23.6 Å². The van der Waals surface area contributed by atoms with Gasteiger partial charge in [-0.25, -0.2) is 9.78 Å². The molecular formula is C16H15N3O6S. The van der Waals surface area contributed by atoms with Crippen LogP contribution in [0.25, 0.3) is 0 Å². The van der Waals surface area contributed by atoms with Crippen molar-refractivity contribution in [3.8, 4) is 11.5 Å². The van der Waals surface area contributed by atoms with Gasteiger partial charge in [-0.2, -0.15) is 0 Å². The largest absolute Gasteiger partial charge is 0.486 e. The Morgan fingerprint density at radius 1 is 1.19 bits per heavy atom. The molecule has 0 spiro atoms. The van der Waals surface area contributed by atoms with Crippen molar-refractivity contribution in [2.24, 2.45) is 0 Å². The van der Waals surface area contributed by atoms with Crippen LogP contribution in [0.3, 0.4) is 0 Å². The van der Waals surface area contributed by atoms with Crippen LogP contribution in [0.4, 0.5) is 10.8 Å². The average Bonchev–Trinajstić information content (AvgIpc) is 3.07. The van der Waals surface area contributed by atoms with Crippen LogP contribution in [-0.2, 0) is 14.3 Å². The highest BCUT2D eigenvalue weighted by molar-refractivity contribution is 7.14. The third kappa shape index (κ3) is 4.48. The Kier molecular flexibility index (Phi) is 5.32. The van der Waals surface area contributed by atoms with Gasteiger partial charge in [-0.05, 0) is 12.1 Å². The molecule has 0 aliphatic carbocycles. The van der Waals surface area contributed by atoms with Crippen LogP contribution in [0.2, 0.25) is 0 Å². The van der Waals surface area contributed by atoms with Crippen LogP contribution >= 0.6 is 11.3 Å². The van der Waals surface area contributed by atoms with E-state index in [9.17, 15) is 14.4 Å². The molecule has 0 fully saturated rings. The lowest BCUT2D eigenvalue weighted by atomic mass is 10.2. The van der Waals surface area contributed by atoms with E-state index >= 15 is 0 Å². The highest BCUT2D eigenvalue weighted by atomic mass is 32.1. The third-order valence-electron chi connectivity index (χ3n) is 3.16. The normalized spacial score (nSPS) is 12.2. The molecule has 0 unspecified atom stereocenters. The summed E-state index contributed by atoms with van der Waals surface area (Å²) in [5.74, 6) is -0.404. The van der Waals surface area contributed by atoms with Crippen molar-refractivity contribution in [1.29, 1.82) is 0 Å². The fourth-order valence-electron chi connectivity index (χ4n) is 2.10. The molecule has 0 saturated heterocycles.